The third-order valence-corrected chi connectivity index (χ3v) is 5.73. The van der Waals surface area contributed by atoms with Gasteiger partial charge in [-0.05, 0) is 67.8 Å². The Bertz CT molecular complexity index is 1170. The summed E-state index contributed by atoms with van der Waals surface area (Å²) in [4.78, 5) is 36.9. The summed E-state index contributed by atoms with van der Waals surface area (Å²) in [5.41, 5.74) is 2.71. The van der Waals surface area contributed by atoms with E-state index in [2.05, 4.69) is 10.6 Å². The monoisotopic (exact) mass is 469 g/mol. The number of ether oxygens (including phenoxy) is 1. The minimum absolute atomic E-state index is 0.0607. The van der Waals surface area contributed by atoms with Gasteiger partial charge >= 0.3 is 0 Å². The molecule has 0 aliphatic heterocycles. The summed E-state index contributed by atoms with van der Waals surface area (Å²) < 4.78 is 7.00. The van der Waals surface area contributed by atoms with Crippen LogP contribution in [0.25, 0.3) is 10.9 Å². The lowest BCUT2D eigenvalue weighted by Gasteiger charge is -2.08. The van der Waals surface area contributed by atoms with E-state index in [0.717, 1.165) is 23.8 Å². The molecule has 33 heavy (non-hydrogen) atoms. The number of halogens is 1. The van der Waals surface area contributed by atoms with Crippen LogP contribution in [-0.4, -0.2) is 42.5 Å². The fourth-order valence-electron chi connectivity index (χ4n) is 3.76. The Morgan fingerprint density at radius 1 is 1.00 bits per heavy atom. The van der Waals surface area contributed by atoms with Gasteiger partial charge in [0, 0.05) is 41.7 Å². The third-order valence-electron chi connectivity index (χ3n) is 5.47. The lowest BCUT2D eigenvalue weighted by molar-refractivity contribution is -0.121. The van der Waals surface area contributed by atoms with Gasteiger partial charge in [0.2, 0.25) is 11.8 Å². The normalized spacial score (nSPS) is 10.8. The SMILES string of the molecule is COc1ccc2c(c1)c(CC(=O)NCCCCNC(C)=O)c(C)n2C(=O)c1ccc(Cl)cc1. The quantitative estimate of drug-likeness (QED) is 0.465. The van der Waals surface area contributed by atoms with Gasteiger partial charge in [0.05, 0.1) is 19.0 Å². The van der Waals surface area contributed by atoms with Crippen LogP contribution in [0.5, 0.6) is 5.75 Å². The molecule has 0 aliphatic carbocycles. The van der Waals surface area contributed by atoms with E-state index in [1.807, 2.05) is 19.1 Å². The number of amides is 2. The number of fused-ring (bicyclic) bond motifs is 1. The maximum Gasteiger partial charge on any atom is 0.262 e. The van der Waals surface area contributed by atoms with E-state index in [9.17, 15) is 14.4 Å². The topological polar surface area (TPSA) is 89.4 Å². The fraction of sp³-hybridized carbons (Fsp3) is 0.320. The van der Waals surface area contributed by atoms with Crippen LogP contribution < -0.4 is 15.4 Å². The van der Waals surface area contributed by atoms with Gasteiger partial charge in [-0.15, -0.1) is 0 Å². The molecule has 7 nitrogen and oxygen atoms in total. The molecular formula is C25H28ClN3O4. The Kier molecular flexibility index (Phi) is 8.11. The number of unbranched alkanes of at least 4 members (excludes halogenated alkanes) is 1. The molecule has 3 aromatic rings. The van der Waals surface area contributed by atoms with Gasteiger partial charge in [0.15, 0.2) is 0 Å². The first-order valence-corrected chi connectivity index (χ1v) is 11.2. The zero-order valence-electron chi connectivity index (χ0n) is 19.0. The highest BCUT2D eigenvalue weighted by Gasteiger charge is 2.22. The van der Waals surface area contributed by atoms with Crippen LogP contribution in [0.1, 0.15) is 41.4 Å². The zero-order chi connectivity index (χ0) is 24.0. The zero-order valence-corrected chi connectivity index (χ0v) is 19.8. The van der Waals surface area contributed by atoms with Gasteiger partial charge in [-0.3, -0.25) is 19.0 Å². The van der Waals surface area contributed by atoms with Crippen molar-refractivity contribution in [2.45, 2.75) is 33.1 Å². The number of hydrogen-bond acceptors (Lipinski definition) is 4. The highest BCUT2D eigenvalue weighted by atomic mass is 35.5. The van der Waals surface area contributed by atoms with Crippen LogP contribution >= 0.6 is 11.6 Å². The molecule has 0 spiro atoms. The van der Waals surface area contributed by atoms with Crippen molar-refractivity contribution in [2.75, 3.05) is 20.2 Å². The van der Waals surface area contributed by atoms with Crippen LogP contribution in [-0.2, 0) is 16.0 Å². The number of methoxy groups -OCH3 is 1. The Hall–Kier alpha value is -3.32. The molecule has 0 radical (unpaired) electrons. The van der Waals surface area contributed by atoms with Crippen LogP contribution in [0.4, 0.5) is 0 Å². The standard InChI is InChI=1S/C25H28ClN3O4/c1-16-21(15-24(31)28-13-5-4-12-27-17(2)30)22-14-20(33-3)10-11-23(22)29(16)25(32)18-6-8-19(26)9-7-18/h6-11,14H,4-5,12-13,15H2,1-3H3,(H,27,30)(H,28,31). The Labute approximate surface area is 198 Å². The van der Waals surface area contributed by atoms with Crippen molar-refractivity contribution in [3.05, 3.63) is 64.3 Å². The number of carbonyl (C=O) groups is 3. The van der Waals surface area contributed by atoms with Crippen LogP contribution in [0.3, 0.4) is 0 Å². The molecule has 3 rings (SSSR count). The second-order valence-electron chi connectivity index (χ2n) is 7.81. The number of carbonyl (C=O) groups excluding carboxylic acids is 3. The highest BCUT2D eigenvalue weighted by molar-refractivity contribution is 6.30. The average Bonchev–Trinajstić information content (AvgIpc) is 3.06. The summed E-state index contributed by atoms with van der Waals surface area (Å²) in [5, 5.41) is 7.02. The first-order chi connectivity index (χ1) is 15.8. The first-order valence-electron chi connectivity index (χ1n) is 10.8. The number of nitrogens with zero attached hydrogens (tertiary/aromatic N) is 1. The highest BCUT2D eigenvalue weighted by Crippen LogP contribution is 2.30. The largest absolute Gasteiger partial charge is 0.497 e. The van der Waals surface area contributed by atoms with Crippen LogP contribution in [0.15, 0.2) is 42.5 Å². The smallest absolute Gasteiger partial charge is 0.262 e. The Balaban J connectivity index is 1.83. The Morgan fingerprint density at radius 2 is 1.67 bits per heavy atom. The predicted molar refractivity (Wildman–Crippen MR) is 129 cm³/mol. The van der Waals surface area contributed by atoms with Crippen molar-refractivity contribution < 1.29 is 19.1 Å². The molecule has 0 bridgehead atoms. The number of aromatic nitrogens is 1. The number of rotatable bonds is 9. The van der Waals surface area contributed by atoms with Crippen LogP contribution in [0, 0.1) is 6.92 Å². The maximum atomic E-state index is 13.3. The molecule has 1 heterocycles. The molecule has 0 unspecified atom stereocenters. The lowest BCUT2D eigenvalue weighted by atomic mass is 10.1. The molecule has 0 fully saturated rings. The number of benzene rings is 2. The molecule has 174 valence electrons. The van der Waals surface area contributed by atoms with Crippen molar-refractivity contribution in [1.29, 1.82) is 0 Å². The molecule has 2 amide bonds. The summed E-state index contributed by atoms with van der Waals surface area (Å²) >= 11 is 5.97. The van der Waals surface area contributed by atoms with E-state index in [0.29, 0.717) is 40.6 Å². The fourth-order valence-corrected chi connectivity index (χ4v) is 3.89. The van der Waals surface area contributed by atoms with E-state index in [1.165, 1.54) is 6.92 Å². The minimum atomic E-state index is -0.191. The maximum absolute atomic E-state index is 13.3. The van der Waals surface area contributed by atoms with Crippen molar-refractivity contribution in [2.24, 2.45) is 0 Å². The number of nitrogens with one attached hydrogen (secondary N) is 2. The molecule has 0 atom stereocenters. The van der Waals surface area contributed by atoms with Gasteiger partial charge in [0.1, 0.15) is 5.75 Å². The van der Waals surface area contributed by atoms with E-state index in [-0.39, 0.29) is 24.1 Å². The molecule has 0 saturated carbocycles. The molecule has 0 aliphatic rings. The lowest BCUT2D eigenvalue weighted by Crippen LogP contribution is -2.27. The van der Waals surface area contributed by atoms with Gasteiger partial charge in [-0.1, -0.05) is 11.6 Å². The van der Waals surface area contributed by atoms with E-state index in [1.54, 1.807) is 42.0 Å². The second-order valence-corrected chi connectivity index (χ2v) is 8.25. The molecular weight excluding hydrogens is 442 g/mol. The van der Waals surface area contributed by atoms with E-state index >= 15 is 0 Å². The van der Waals surface area contributed by atoms with Gasteiger partial charge in [-0.2, -0.15) is 0 Å². The third kappa shape index (κ3) is 5.93. The van der Waals surface area contributed by atoms with Crippen molar-refractivity contribution in [3.63, 3.8) is 0 Å². The first kappa shape index (κ1) is 24.3. The molecule has 8 heteroatoms. The second kappa shape index (κ2) is 11.0. The van der Waals surface area contributed by atoms with Gasteiger partial charge in [0.25, 0.3) is 5.91 Å². The summed E-state index contributed by atoms with van der Waals surface area (Å²) in [6.45, 7) is 4.43. The minimum Gasteiger partial charge on any atom is -0.497 e. The number of hydrogen-bond donors (Lipinski definition) is 2. The van der Waals surface area contributed by atoms with Gasteiger partial charge in [-0.25, -0.2) is 0 Å². The van der Waals surface area contributed by atoms with E-state index < -0.39 is 0 Å². The predicted octanol–water partition coefficient (Wildman–Crippen LogP) is 3.88. The van der Waals surface area contributed by atoms with E-state index in [4.69, 9.17) is 16.3 Å². The molecule has 1 aromatic heterocycles. The summed E-state index contributed by atoms with van der Waals surface area (Å²) in [5.74, 6) is 0.273. The summed E-state index contributed by atoms with van der Waals surface area (Å²) in [7, 11) is 1.58. The molecule has 0 saturated heterocycles. The van der Waals surface area contributed by atoms with Crippen molar-refractivity contribution in [1.82, 2.24) is 15.2 Å². The summed E-state index contributed by atoms with van der Waals surface area (Å²) in [6.07, 6.45) is 1.68. The van der Waals surface area contributed by atoms with Crippen LogP contribution in [0.2, 0.25) is 5.02 Å². The van der Waals surface area contributed by atoms with Crippen molar-refractivity contribution in [3.8, 4) is 5.75 Å². The Morgan fingerprint density at radius 3 is 2.30 bits per heavy atom. The van der Waals surface area contributed by atoms with Crippen molar-refractivity contribution >= 4 is 40.2 Å². The average molecular weight is 470 g/mol. The molecule has 2 aromatic carbocycles. The summed E-state index contributed by atoms with van der Waals surface area (Å²) in [6, 6.07) is 12.2. The van der Waals surface area contributed by atoms with Gasteiger partial charge < -0.3 is 15.4 Å². The molecule has 2 N–H and O–H groups in total.